The number of carbonyl (C=O) groups is 4. The molecule has 1 aromatic rings. The summed E-state index contributed by atoms with van der Waals surface area (Å²) in [6.45, 7) is 1.86. The van der Waals surface area contributed by atoms with Gasteiger partial charge in [-0.15, -0.1) is 0 Å². The summed E-state index contributed by atoms with van der Waals surface area (Å²) in [5.41, 5.74) is 11.8. The van der Waals surface area contributed by atoms with Crippen LogP contribution in [0.4, 0.5) is 0 Å². The Hall–Kier alpha value is -3.47. The molecular formula is C29H45N7O4. The van der Waals surface area contributed by atoms with Gasteiger partial charge in [0.2, 0.25) is 17.6 Å². The molecule has 11 nitrogen and oxygen atoms in total. The van der Waals surface area contributed by atoms with Crippen molar-refractivity contribution in [1.29, 1.82) is 0 Å². The van der Waals surface area contributed by atoms with Gasteiger partial charge in [0.05, 0.1) is 12.1 Å². The van der Waals surface area contributed by atoms with E-state index in [1.54, 1.807) is 4.90 Å². The Kier molecular flexibility index (Phi) is 12.9. The lowest BCUT2D eigenvalue weighted by Crippen LogP contribution is -2.56. The molecule has 2 aliphatic rings. The highest BCUT2D eigenvalue weighted by Gasteiger charge is 2.38. The molecule has 0 aliphatic carbocycles. The number of nitrogens with two attached hydrogens (primary N) is 2. The minimum Gasteiger partial charge on any atom is -0.370 e. The van der Waals surface area contributed by atoms with E-state index >= 15 is 0 Å². The lowest BCUT2D eigenvalue weighted by atomic mass is 10.0. The third kappa shape index (κ3) is 9.93. The van der Waals surface area contributed by atoms with Crippen molar-refractivity contribution < 1.29 is 19.2 Å². The van der Waals surface area contributed by atoms with Crippen LogP contribution in [0.2, 0.25) is 0 Å². The smallest absolute Gasteiger partial charge is 0.289 e. The highest BCUT2D eigenvalue weighted by molar-refractivity contribution is 6.38. The topological polar surface area (TPSA) is 172 Å². The van der Waals surface area contributed by atoms with E-state index < -0.39 is 35.7 Å². The molecule has 0 unspecified atom stereocenters. The first-order valence-corrected chi connectivity index (χ1v) is 14.6. The number of guanidine groups is 1. The van der Waals surface area contributed by atoms with Gasteiger partial charge < -0.3 is 32.3 Å². The molecular weight excluding hydrogens is 510 g/mol. The summed E-state index contributed by atoms with van der Waals surface area (Å²) in [7, 11) is 0. The quantitative estimate of drug-likeness (QED) is 0.149. The molecule has 0 spiro atoms. The molecule has 11 heteroatoms. The molecule has 0 radical (unpaired) electrons. The first-order valence-electron chi connectivity index (χ1n) is 14.6. The first kappa shape index (κ1) is 31.1. The number of nitrogens with one attached hydrogen (secondary N) is 3. The largest absolute Gasteiger partial charge is 0.370 e. The fourth-order valence-corrected chi connectivity index (χ4v) is 5.32. The third-order valence-electron chi connectivity index (χ3n) is 7.50. The molecule has 0 aromatic heterocycles. The Bertz CT molecular complexity index is 1010. The molecule has 1 aromatic carbocycles. The van der Waals surface area contributed by atoms with Crippen LogP contribution in [0.3, 0.4) is 0 Å². The van der Waals surface area contributed by atoms with Crippen LogP contribution in [-0.2, 0) is 25.6 Å². The zero-order valence-corrected chi connectivity index (χ0v) is 23.4. The number of hydrogen-bond donors (Lipinski definition) is 5. The van der Waals surface area contributed by atoms with Gasteiger partial charge in [-0.3, -0.25) is 24.2 Å². The normalized spacial score (nSPS) is 24.2. The molecule has 0 bridgehead atoms. The molecule has 40 heavy (non-hydrogen) atoms. The average molecular weight is 556 g/mol. The summed E-state index contributed by atoms with van der Waals surface area (Å²) in [5, 5.41) is 8.94. The van der Waals surface area contributed by atoms with E-state index in [4.69, 9.17) is 11.5 Å². The van der Waals surface area contributed by atoms with Crippen LogP contribution >= 0.6 is 0 Å². The maximum atomic E-state index is 13.8. The summed E-state index contributed by atoms with van der Waals surface area (Å²) < 4.78 is 0. The summed E-state index contributed by atoms with van der Waals surface area (Å²) in [6, 6.07) is 7.67. The van der Waals surface area contributed by atoms with Crippen LogP contribution in [0.25, 0.3) is 0 Å². The Morgan fingerprint density at radius 3 is 2.33 bits per heavy atom. The van der Waals surface area contributed by atoms with Gasteiger partial charge in [0.15, 0.2) is 5.96 Å². The molecule has 3 rings (SSSR count). The lowest BCUT2D eigenvalue weighted by molar-refractivity contribution is -0.143. The van der Waals surface area contributed by atoms with Crippen molar-refractivity contribution in [2.45, 2.75) is 88.8 Å². The van der Waals surface area contributed by atoms with Gasteiger partial charge in [-0.2, -0.15) is 0 Å². The molecule has 0 saturated carbocycles. The molecule has 2 aliphatic heterocycles. The molecule has 3 amide bonds. The molecule has 2 fully saturated rings. The highest BCUT2D eigenvalue weighted by Crippen LogP contribution is 2.20. The first-order chi connectivity index (χ1) is 19.4. The minimum atomic E-state index is -1.03. The number of aliphatic imine (C=N–C) groups is 1. The number of Topliss-reactive ketones (excluding diaryl/α,β-unsaturated/α-hetero) is 1. The Balaban J connectivity index is 1.78. The fourth-order valence-electron chi connectivity index (χ4n) is 5.32. The van der Waals surface area contributed by atoms with Crippen molar-refractivity contribution in [3.05, 3.63) is 35.9 Å². The maximum absolute atomic E-state index is 13.8. The Morgan fingerprint density at radius 2 is 1.60 bits per heavy atom. The maximum Gasteiger partial charge on any atom is 0.289 e. The lowest BCUT2D eigenvalue weighted by Gasteiger charge is -2.30. The average Bonchev–Trinajstić information content (AvgIpc) is 3.44. The van der Waals surface area contributed by atoms with Gasteiger partial charge in [0.1, 0.15) is 6.04 Å². The molecule has 3 atom stereocenters. The van der Waals surface area contributed by atoms with Gasteiger partial charge in [-0.25, -0.2) is 0 Å². The van der Waals surface area contributed by atoms with Gasteiger partial charge >= 0.3 is 0 Å². The number of hydrogen-bond acceptors (Lipinski definition) is 6. The van der Waals surface area contributed by atoms with Crippen molar-refractivity contribution in [1.82, 2.24) is 20.9 Å². The Labute approximate surface area is 236 Å². The molecule has 220 valence electrons. The second-order valence-corrected chi connectivity index (χ2v) is 10.6. The van der Waals surface area contributed by atoms with Crippen LogP contribution in [0.5, 0.6) is 0 Å². The van der Waals surface area contributed by atoms with E-state index in [-0.39, 0.29) is 24.8 Å². The van der Waals surface area contributed by atoms with Crippen LogP contribution in [0.15, 0.2) is 35.3 Å². The van der Waals surface area contributed by atoms with Crippen molar-refractivity contribution in [2.75, 3.05) is 26.2 Å². The summed E-state index contributed by atoms with van der Waals surface area (Å²) in [5.74, 6) is -2.01. The van der Waals surface area contributed by atoms with E-state index in [9.17, 15) is 19.2 Å². The van der Waals surface area contributed by atoms with Gasteiger partial charge in [-0.1, -0.05) is 56.0 Å². The molecule has 2 saturated heterocycles. The van der Waals surface area contributed by atoms with Crippen molar-refractivity contribution >= 4 is 29.5 Å². The van der Waals surface area contributed by atoms with E-state index in [2.05, 4.69) is 20.9 Å². The second kappa shape index (κ2) is 16.6. The van der Waals surface area contributed by atoms with E-state index in [1.165, 1.54) is 0 Å². The van der Waals surface area contributed by atoms with Crippen molar-refractivity contribution in [3.8, 4) is 0 Å². The Morgan fingerprint density at radius 1 is 0.900 bits per heavy atom. The van der Waals surface area contributed by atoms with E-state index in [0.717, 1.165) is 50.6 Å². The van der Waals surface area contributed by atoms with Gasteiger partial charge in [0, 0.05) is 19.6 Å². The number of carbonyl (C=O) groups excluding carboxylic acids is 4. The number of ketones is 1. The number of amides is 3. The van der Waals surface area contributed by atoms with Crippen LogP contribution < -0.4 is 27.4 Å². The monoisotopic (exact) mass is 555 g/mol. The summed E-state index contributed by atoms with van der Waals surface area (Å²) >= 11 is 0. The minimum absolute atomic E-state index is 0.0626. The SMILES string of the molecule is NC(N)=NCCC[C@H]1NC(=O)[C@H]2CCCN2C(=O)[C@H](Cc2ccccc2)NCCCCCCCCNC(=O)C1=O. The van der Waals surface area contributed by atoms with Crippen LogP contribution in [-0.4, -0.2) is 78.7 Å². The van der Waals surface area contributed by atoms with Gasteiger partial charge in [0.25, 0.3) is 5.91 Å². The number of fused-ring (bicyclic) bond motifs is 1. The van der Waals surface area contributed by atoms with Crippen LogP contribution in [0.1, 0.15) is 69.8 Å². The number of rotatable bonds is 6. The summed E-state index contributed by atoms with van der Waals surface area (Å²) in [6.07, 6.45) is 8.14. The van der Waals surface area contributed by atoms with Gasteiger partial charge in [-0.05, 0) is 57.1 Å². The predicted molar refractivity (Wildman–Crippen MR) is 154 cm³/mol. The van der Waals surface area contributed by atoms with E-state index in [0.29, 0.717) is 38.8 Å². The molecule has 2 heterocycles. The number of nitrogens with zero attached hydrogens (tertiary/aromatic N) is 2. The zero-order chi connectivity index (χ0) is 28.7. The third-order valence-corrected chi connectivity index (χ3v) is 7.50. The summed E-state index contributed by atoms with van der Waals surface area (Å²) in [4.78, 5) is 58.6. The fraction of sp³-hybridized carbons (Fsp3) is 0.621. The second-order valence-electron chi connectivity index (χ2n) is 10.6. The highest BCUT2D eigenvalue weighted by atomic mass is 16.2. The van der Waals surface area contributed by atoms with Crippen molar-refractivity contribution in [3.63, 3.8) is 0 Å². The number of benzene rings is 1. The predicted octanol–water partition coefficient (Wildman–Crippen LogP) is 0.756. The molecule has 7 N–H and O–H groups in total. The standard InChI is InChI=1S/C29H45N7O4/c30-29(31)34-18-10-14-22-25(37)27(39)33-17-9-4-2-1-3-8-16-32-23(20-21-12-6-5-7-13-21)28(40)36-19-11-15-24(36)26(38)35-22/h5-7,12-13,22-24,32H,1-4,8-11,14-20H2,(H,33,39)(H,35,38)(H4,30,31,34)/t22-,23+,24-/m1/s1. The van der Waals surface area contributed by atoms with Crippen LogP contribution in [0, 0.1) is 0 Å². The zero-order valence-electron chi connectivity index (χ0n) is 23.4. The van der Waals surface area contributed by atoms with E-state index in [1.807, 2.05) is 30.3 Å². The van der Waals surface area contributed by atoms with Crippen molar-refractivity contribution in [2.24, 2.45) is 16.5 Å².